The summed E-state index contributed by atoms with van der Waals surface area (Å²) in [5.74, 6) is 0.165. The number of benzene rings is 1. The minimum atomic E-state index is -0.716. The van der Waals surface area contributed by atoms with Gasteiger partial charge < -0.3 is 19.8 Å². The van der Waals surface area contributed by atoms with Gasteiger partial charge >= 0.3 is 6.09 Å². The molecule has 0 bridgehead atoms. The SMILES string of the molecule is O=C(OCc1ccccc1)N1C[C@@H]2C[C@@H](O)[C@@H](O)[C@@H]2C1. The Morgan fingerprint density at radius 3 is 2.70 bits per heavy atom. The van der Waals surface area contributed by atoms with Crippen molar-refractivity contribution in [3.05, 3.63) is 35.9 Å². The number of fused-ring (bicyclic) bond motifs is 1. The Morgan fingerprint density at radius 1 is 1.25 bits per heavy atom. The van der Waals surface area contributed by atoms with Gasteiger partial charge in [0.25, 0.3) is 0 Å². The Labute approximate surface area is 117 Å². The minimum absolute atomic E-state index is 0.0192. The smallest absolute Gasteiger partial charge is 0.410 e. The van der Waals surface area contributed by atoms with Crippen molar-refractivity contribution in [2.75, 3.05) is 13.1 Å². The second kappa shape index (κ2) is 5.42. The molecule has 2 fully saturated rings. The molecule has 1 aliphatic carbocycles. The van der Waals surface area contributed by atoms with Crippen molar-refractivity contribution in [1.82, 2.24) is 4.90 Å². The van der Waals surface area contributed by atoms with Crippen molar-refractivity contribution in [3.8, 4) is 0 Å². The number of aliphatic hydroxyl groups excluding tert-OH is 2. The molecule has 1 amide bonds. The molecule has 108 valence electrons. The number of nitrogens with zero attached hydrogens (tertiary/aromatic N) is 1. The van der Waals surface area contributed by atoms with Gasteiger partial charge in [-0.05, 0) is 17.9 Å². The maximum atomic E-state index is 12.0. The Balaban J connectivity index is 1.53. The van der Waals surface area contributed by atoms with E-state index in [4.69, 9.17) is 4.74 Å². The molecule has 0 spiro atoms. The lowest BCUT2D eigenvalue weighted by Crippen LogP contribution is -2.34. The number of hydrogen-bond donors (Lipinski definition) is 2. The van der Waals surface area contributed by atoms with E-state index in [-0.39, 0.29) is 24.5 Å². The van der Waals surface area contributed by atoms with Crippen LogP contribution in [0.2, 0.25) is 0 Å². The molecule has 4 atom stereocenters. The van der Waals surface area contributed by atoms with Crippen LogP contribution in [0.1, 0.15) is 12.0 Å². The Morgan fingerprint density at radius 2 is 2.00 bits per heavy atom. The van der Waals surface area contributed by atoms with Gasteiger partial charge in [0, 0.05) is 19.0 Å². The Kier molecular flexibility index (Phi) is 3.63. The Bertz CT molecular complexity index is 478. The van der Waals surface area contributed by atoms with Crippen LogP contribution in [-0.2, 0) is 11.3 Å². The van der Waals surface area contributed by atoms with Crippen LogP contribution >= 0.6 is 0 Å². The van der Waals surface area contributed by atoms with Crippen molar-refractivity contribution >= 4 is 6.09 Å². The summed E-state index contributed by atoms with van der Waals surface area (Å²) in [7, 11) is 0. The molecule has 5 nitrogen and oxygen atoms in total. The third-order valence-corrected chi connectivity index (χ3v) is 4.33. The van der Waals surface area contributed by atoms with Crippen molar-refractivity contribution in [3.63, 3.8) is 0 Å². The molecular formula is C15H19NO4. The fourth-order valence-electron chi connectivity index (χ4n) is 3.23. The molecule has 1 saturated carbocycles. The number of carbonyl (C=O) groups is 1. The van der Waals surface area contributed by atoms with Gasteiger partial charge in [0.1, 0.15) is 6.61 Å². The lowest BCUT2D eigenvalue weighted by Gasteiger charge is -2.19. The summed E-state index contributed by atoms with van der Waals surface area (Å²) in [6.07, 6.45) is -1.14. The molecular weight excluding hydrogens is 258 g/mol. The first-order valence-corrected chi connectivity index (χ1v) is 6.97. The van der Waals surface area contributed by atoms with Gasteiger partial charge in [0.05, 0.1) is 12.2 Å². The number of likely N-dealkylation sites (tertiary alicyclic amines) is 1. The summed E-state index contributed by atoms with van der Waals surface area (Å²) < 4.78 is 5.28. The fourth-order valence-corrected chi connectivity index (χ4v) is 3.23. The lowest BCUT2D eigenvalue weighted by molar-refractivity contribution is 0.0160. The van der Waals surface area contributed by atoms with E-state index in [0.29, 0.717) is 19.5 Å². The van der Waals surface area contributed by atoms with Gasteiger partial charge in [-0.3, -0.25) is 0 Å². The van der Waals surface area contributed by atoms with E-state index in [9.17, 15) is 15.0 Å². The van der Waals surface area contributed by atoms with E-state index in [1.54, 1.807) is 4.90 Å². The summed E-state index contributed by atoms with van der Waals surface area (Å²) in [4.78, 5) is 13.6. The van der Waals surface area contributed by atoms with Crippen LogP contribution in [0.4, 0.5) is 4.79 Å². The quantitative estimate of drug-likeness (QED) is 0.846. The molecule has 1 heterocycles. The third-order valence-electron chi connectivity index (χ3n) is 4.33. The van der Waals surface area contributed by atoms with Gasteiger partial charge in [-0.15, -0.1) is 0 Å². The van der Waals surface area contributed by atoms with Crippen LogP contribution < -0.4 is 0 Å². The van der Waals surface area contributed by atoms with E-state index in [0.717, 1.165) is 5.56 Å². The van der Waals surface area contributed by atoms with Crippen molar-refractivity contribution in [2.45, 2.75) is 25.2 Å². The van der Waals surface area contributed by atoms with Gasteiger partial charge in [0.2, 0.25) is 0 Å². The molecule has 0 aromatic heterocycles. The van der Waals surface area contributed by atoms with Crippen LogP contribution in [0.15, 0.2) is 30.3 Å². The Hall–Kier alpha value is -1.59. The minimum Gasteiger partial charge on any atom is -0.445 e. The molecule has 1 aliphatic heterocycles. The molecule has 5 heteroatoms. The second-order valence-corrected chi connectivity index (χ2v) is 5.66. The van der Waals surface area contributed by atoms with Crippen molar-refractivity contribution < 1.29 is 19.7 Å². The molecule has 1 saturated heterocycles. The van der Waals surface area contributed by atoms with Crippen molar-refractivity contribution in [2.24, 2.45) is 11.8 Å². The summed E-state index contributed by atoms with van der Waals surface area (Å²) in [6.45, 7) is 1.29. The zero-order chi connectivity index (χ0) is 14.1. The highest BCUT2D eigenvalue weighted by molar-refractivity contribution is 5.68. The van der Waals surface area contributed by atoms with E-state index >= 15 is 0 Å². The average Bonchev–Trinajstić information content (AvgIpc) is 2.98. The van der Waals surface area contributed by atoms with Gasteiger partial charge in [-0.2, -0.15) is 0 Å². The van der Waals surface area contributed by atoms with E-state index in [2.05, 4.69) is 0 Å². The highest BCUT2D eigenvalue weighted by Gasteiger charge is 2.48. The highest BCUT2D eigenvalue weighted by Crippen LogP contribution is 2.38. The molecule has 0 unspecified atom stereocenters. The van der Waals surface area contributed by atoms with Crippen molar-refractivity contribution in [1.29, 1.82) is 0 Å². The molecule has 2 N–H and O–H groups in total. The monoisotopic (exact) mass is 277 g/mol. The number of carbonyl (C=O) groups excluding carboxylic acids is 1. The third kappa shape index (κ3) is 2.51. The summed E-state index contributed by atoms with van der Waals surface area (Å²) in [6, 6.07) is 9.54. The van der Waals surface area contributed by atoms with Gasteiger partial charge in [-0.1, -0.05) is 30.3 Å². The summed E-state index contributed by atoms with van der Waals surface area (Å²) in [5, 5.41) is 19.4. The molecule has 20 heavy (non-hydrogen) atoms. The zero-order valence-corrected chi connectivity index (χ0v) is 11.2. The highest BCUT2D eigenvalue weighted by atomic mass is 16.6. The first-order chi connectivity index (χ1) is 9.65. The van der Waals surface area contributed by atoms with E-state index in [1.807, 2.05) is 30.3 Å². The van der Waals surface area contributed by atoms with Crippen LogP contribution in [-0.4, -0.2) is 46.5 Å². The second-order valence-electron chi connectivity index (χ2n) is 5.66. The normalized spacial score (nSPS) is 32.2. The number of ether oxygens (including phenoxy) is 1. The van der Waals surface area contributed by atoms with Crippen LogP contribution in [0, 0.1) is 11.8 Å². The topological polar surface area (TPSA) is 70.0 Å². The molecule has 0 radical (unpaired) electrons. The maximum Gasteiger partial charge on any atom is 0.410 e. The van der Waals surface area contributed by atoms with Crippen LogP contribution in [0.3, 0.4) is 0 Å². The first kappa shape index (κ1) is 13.4. The van der Waals surface area contributed by atoms with Crippen LogP contribution in [0.25, 0.3) is 0 Å². The average molecular weight is 277 g/mol. The van der Waals surface area contributed by atoms with E-state index in [1.165, 1.54) is 0 Å². The zero-order valence-electron chi connectivity index (χ0n) is 11.2. The molecule has 2 aliphatic rings. The molecule has 3 rings (SSSR count). The lowest BCUT2D eigenvalue weighted by atomic mass is 9.99. The summed E-state index contributed by atoms with van der Waals surface area (Å²) >= 11 is 0. The fraction of sp³-hybridized carbons (Fsp3) is 0.533. The molecule has 1 aromatic rings. The van der Waals surface area contributed by atoms with Crippen LogP contribution in [0.5, 0.6) is 0 Å². The van der Waals surface area contributed by atoms with Gasteiger partial charge in [-0.25, -0.2) is 4.79 Å². The summed E-state index contributed by atoms with van der Waals surface area (Å²) in [5.41, 5.74) is 0.954. The first-order valence-electron chi connectivity index (χ1n) is 6.97. The number of rotatable bonds is 2. The predicted octanol–water partition coefficient (Wildman–Crippen LogP) is 0.997. The predicted molar refractivity (Wildman–Crippen MR) is 71.8 cm³/mol. The number of hydrogen-bond acceptors (Lipinski definition) is 4. The number of amides is 1. The standard InChI is InChI=1S/C15H19NO4/c17-13-6-11-7-16(8-12(11)14(13)18)15(19)20-9-10-4-2-1-3-5-10/h1-5,11-14,17-18H,6-9H2/t11-,12+,13+,14-/m0/s1. The number of aliphatic hydroxyl groups is 2. The maximum absolute atomic E-state index is 12.0. The van der Waals surface area contributed by atoms with E-state index < -0.39 is 12.2 Å². The largest absolute Gasteiger partial charge is 0.445 e. The van der Waals surface area contributed by atoms with Gasteiger partial charge in [0.15, 0.2) is 0 Å². The molecule has 1 aromatic carbocycles.